The van der Waals surface area contributed by atoms with Crippen molar-refractivity contribution >= 4 is 23.2 Å². The monoisotopic (exact) mass is 200 g/mol. The lowest BCUT2D eigenvalue weighted by Crippen LogP contribution is -2.02. The van der Waals surface area contributed by atoms with Crippen LogP contribution in [0, 0.1) is 0 Å². The first-order chi connectivity index (χ1) is 5.79. The quantitative estimate of drug-likeness (QED) is 0.597. The molecule has 1 aromatic rings. The number of hydrogen-bond acceptors (Lipinski definition) is 0. The van der Waals surface area contributed by atoms with Gasteiger partial charge in [0.05, 0.1) is 10.0 Å². The van der Waals surface area contributed by atoms with Gasteiger partial charge in [-0.2, -0.15) is 0 Å². The Morgan fingerprint density at radius 3 is 2.58 bits per heavy atom. The number of aryl methyl sites for hydroxylation is 1. The number of halogens is 2. The van der Waals surface area contributed by atoms with Crippen LogP contribution in [0.25, 0.3) is 0 Å². The van der Waals surface area contributed by atoms with E-state index >= 15 is 0 Å². The van der Waals surface area contributed by atoms with E-state index in [1.807, 2.05) is 6.07 Å². The summed E-state index contributed by atoms with van der Waals surface area (Å²) >= 11 is 12.0. The van der Waals surface area contributed by atoms with Crippen LogP contribution >= 0.6 is 23.2 Å². The minimum atomic E-state index is 0.692. The normalized spacial score (nSPS) is 15.8. The molecular formula is C10H10Cl2. The van der Waals surface area contributed by atoms with Crippen molar-refractivity contribution in [1.82, 2.24) is 0 Å². The molecule has 0 unspecified atom stereocenters. The van der Waals surface area contributed by atoms with E-state index in [-0.39, 0.29) is 0 Å². The summed E-state index contributed by atoms with van der Waals surface area (Å²) < 4.78 is 0. The number of rotatable bonds is 0. The third-order valence-corrected chi connectivity index (χ3v) is 3.26. The fourth-order valence-corrected chi connectivity index (χ4v) is 2.21. The van der Waals surface area contributed by atoms with E-state index < -0.39 is 0 Å². The predicted molar refractivity (Wildman–Crippen MR) is 53.1 cm³/mol. The molecule has 2 rings (SSSR count). The van der Waals surface area contributed by atoms with Gasteiger partial charge in [-0.25, -0.2) is 0 Å². The zero-order valence-electron chi connectivity index (χ0n) is 6.74. The van der Waals surface area contributed by atoms with Gasteiger partial charge < -0.3 is 0 Å². The SMILES string of the molecule is Clc1ccc2c(c1Cl)CCCC2. The van der Waals surface area contributed by atoms with Crippen LogP contribution in [0.2, 0.25) is 10.0 Å². The molecule has 0 fully saturated rings. The van der Waals surface area contributed by atoms with Crippen molar-refractivity contribution in [1.29, 1.82) is 0 Å². The average molecular weight is 201 g/mol. The second-order valence-corrected chi connectivity index (χ2v) is 3.99. The summed E-state index contributed by atoms with van der Waals surface area (Å²) in [6, 6.07) is 4.00. The maximum atomic E-state index is 6.08. The molecule has 1 aromatic carbocycles. The first-order valence-electron chi connectivity index (χ1n) is 4.25. The molecule has 0 aliphatic heterocycles. The van der Waals surface area contributed by atoms with Crippen LogP contribution in [-0.4, -0.2) is 0 Å². The molecule has 0 atom stereocenters. The topological polar surface area (TPSA) is 0 Å². The molecule has 0 spiro atoms. The zero-order chi connectivity index (χ0) is 8.55. The number of fused-ring (bicyclic) bond motifs is 1. The molecule has 0 radical (unpaired) electrons. The largest absolute Gasteiger partial charge is 0.0827 e. The molecule has 0 aromatic heterocycles. The molecule has 0 N–H and O–H groups in total. The average Bonchev–Trinajstić information content (AvgIpc) is 2.12. The van der Waals surface area contributed by atoms with Crippen molar-refractivity contribution in [2.24, 2.45) is 0 Å². The van der Waals surface area contributed by atoms with Crippen LogP contribution in [0.4, 0.5) is 0 Å². The van der Waals surface area contributed by atoms with Gasteiger partial charge in [-0.1, -0.05) is 29.3 Å². The summed E-state index contributed by atoms with van der Waals surface area (Å²) in [5, 5.41) is 1.46. The van der Waals surface area contributed by atoms with Gasteiger partial charge in [-0.15, -0.1) is 0 Å². The number of benzene rings is 1. The van der Waals surface area contributed by atoms with E-state index in [2.05, 4.69) is 6.07 Å². The third-order valence-electron chi connectivity index (χ3n) is 2.42. The maximum absolute atomic E-state index is 6.08. The summed E-state index contributed by atoms with van der Waals surface area (Å²) in [7, 11) is 0. The van der Waals surface area contributed by atoms with Gasteiger partial charge in [0.25, 0.3) is 0 Å². The molecule has 0 bridgehead atoms. The highest BCUT2D eigenvalue weighted by Gasteiger charge is 2.13. The lowest BCUT2D eigenvalue weighted by molar-refractivity contribution is 0.686. The van der Waals surface area contributed by atoms with Crippen molar-refractivity contribution < 1.29 is 0 Å². The first-order valence-corrected chi connectivity index (χ1v) is 5.00. The second-order valence-electron chi connectivity index (χ2n) is 3.21. The van der Waals surface area contributed by atoms with Gasteiger partial charge in [0.1, 0.15) is 0 Å². The Kier molecular flexibility index (Phi) is 2.29. The highest BCUT2D eigenvalue weighted by Crippen LogP contribution is 2.32. The van der Waals surface area contributed by atoms with Crippen molar-refractivity contribution in [2.45, 2.75) is 25.7 Å². The molecule has 0 amide bonds. The zero-order valence-corrected chi connectivity index (χ0v) is 8.25. The highest BCUT2D eigenvalue weighted by atomic mass is 35.5. The van der Waals surface area contributed by atoms with E-state index in [0.29, 0.717) is 5.02 Å². The molecule has 2 heteroatoms. The number of hydrogen-bond donors (Lipinski definition) is 0. The maximum Gasteiger partial charge on any atom is 0.0627 e. The minimum Gasteiger partial charge on any atom is -0.0827 e. The first kappa shape index (κ1) is 8.40. The van der Waals surface area contributed by atoms with Crippen molar-refractivity contribution in [2.75, 3.05) is 0 Å². The summed E-state index contributed by atoms with van der Waals surface area (Å²) in [4.78, 5) is 0. The van der Waals surface area contributed by atoms with Gasteiger partial charge in [0.15, 0.2) is 0 Å². The Hall–Kier alpha value is -0.200. The van der Waals surface area contributed by atoms with Crippen LogP contribution in [0.5, 0.6) is 0 Å². The van der Waals surface area contributed by atoms with Crippen molar-refractivity contribution in [3.8, 4) is 0 Å². The van der Waals surface area contributed by atoms with Crippen molar-refractivity contribution in [3.05, 3.63) is 33.3 Å². The van der Waals surface area contributed by atoms with Crippen LogP contribution < -0.4 is 0 Å². The summed E-state index contributed by atoms with van der Waals surface area (Å²) in [6.45, 7) is 0. The van der Waals surface area contributed by atoms with Crippen LogP contribution in [0.1, 0.15) is 24.0 Å². The van der Waals surface area contributed by atoms with E-state index in [0.717, 1.165) is 17.9 Å². The van der Waals surface area contributed by atoms with Gasteiger partial charge in [-0.05, 0) is 42.9 Å². The van der Waals surface area contributed by atoms with E-state index in [9.17, 15) is 0 Å². The molecule has 0 saturated carbocycles. The Balaban J connectivity index is 2.54. The predicted octanol–water partition coefficient (Wildman–Crippen LogP) is 3.87. The third kappa shape index (κ3) is 1.34. The Bertz CT molecular complexity index is 305. The fourth-order valence-electron chi connectivity index (χ4n) is 1.75. The molecule has 0 nitrogen and oxygen atoms in total. The fraction of sp³-hybridized carbons (Fsp3) is 0.400. The summed E-state index contributed by atoms with van der Waals surface area (Å²) in [5.74, 6) is 0. The Morgan fingerprint density at radius 2 is 1.75 bits per heavy atom. The van der Waals surface area contributed by atoms with Gasteiger partial charge >= 0.3 is 0 Å². The van der Waals surface area contributed by atoms with E-state index in [1.165, 1.54) is 24.0 Å². The minimum absolute atomic E-state index is 0.692. The second kappa shape index (κ2) is 3.27. The molecule has 12 heavy (non-hydrogen) atoms. The summed E-state index contributed by atoms with van der Waals surface area (Å²) in [6.07, 6.45) is 4.78. The smallest absolute Gasteiger partial charge is 0.0627 e. The highest BCUT2D eigenvalue weighted by molar-refractivity contribution is 6.42. The summed E-state index contributed by atoms with van der Waals surface area (Å²) in [5.41, 5.74) is 2.66. The van der Waals surface area contributed by atoms with Gasteiger partial charge in [0.2, 0.25) is 0 Å². The van der Waals surface area contributed by atoms with Crippen LogP contribution in [0.3, 0.4) is 0 Å². The standard InChI is InChI=1S/C10H10Cl2/c11-9-6-5-7-3-1-2-4-8(7)10(9)12/h5-6H,1-4H2. The van der Waals surface area contributed by atoms with Crippen LogP contribution in [0.15, 0.2) is 12.1 Å². The molecule has 0 heterocycles. The Morgan fingerprint density at radius 1 is 1.00 bits per heavy atom. The molecule has 64 valence electrons. The van der Waals surface area contributed by atoms with E-state index in [4.69, 9.17) is 23.2 Å². The molecular weight excluding hydrogens is 191 g/mol. The lowest BCUT2D eigenvalue weighted by atomic mass is 9.92. The van der Waals surface area contributed by atoms with Crippen molar-refractivity contribution in [3.63, 3.8) is 0 Å². The van der Waals surface area contributed by atoms with Gasteiger partial charge in [0, 0.05) is 0 Å². The lowest BCUT2D eigenvalue weighted by Gasteiger charge is -2.17. The van der Waals surface area contributed by atoms with Crippen LogP contribution in [-0.2, 0) is 12.8 Å². The molecule has 0 saturated heterocycles. The molecule has 1 aliphatic carbocycles. The Labute approximate surface area is 82.5 Å². The van der Waals surface area contributed by atoms with E-state index in [1.54, 1.807) is 0 Å². The van der Waals surface area contributed by atoms with Gasteiger partial charge in [-0.3, -0.25) is 0 Å². The molecule has 1 aliphatic rings.